The number of benzene rings is 2. The molecule has 3 aliphatic rings. The molecule has 0 amide bonds. The standard InChI is InChI=1S/C35H48ClNO5Si/c1-8-24(21-42-43(6,7)34(2,3)4)32-27(15-17-40-32)20-37-22-35(16-9-10-25-18-28(36)12-13-29(25)35)23-41-31-14-11-26(19-30(31)37)33(38)39-5/h8,11-14,18-19,24,27,32H,1,9-10,15-17,20-23H2,2-7H3/t24?,27-,32-,35-/m0/s1. The van der Waals surface area contributed by atoms with E-state index >= 15 is 0 Å². The van der Waals surface area contributed by atoms with E-state index in [1.807, 2.05) is 24.3 Å². The number of nitrogens with zero attached hydrogens (tertiary/aromatic N) is 1. The number of ether oxygens (including phenoxy) is 3. The van der Waals surface area contributed by atoms with Crippen LogP contribution in [0.2, 0.25) is 23.2 Å². The van der Waals surface area contributed by atoms with Crippen LogP contribution in [0.5, 0.6) is 5.75 Å². The van der Waals surface area contributed by atoms with Crippen LogP contribution < -0.4 is 9.64 Å². The Hall–Kier alpha value is -2.32. The Morgan fingerprint density at radius 2 is 2.05 bits per heavy atom. The number of rotatable bonds is 8. The van der Waals surface area contributed by atoms with E-state index in [1.54, 1.807) is 6.07 Å². The van der Waals surface area contributed by atoms with Crippen molar-refractivity contribution in [1.82, 2.24) is 0 Å². The zero-order valence-corrected chi connectivity index (χ0v) is 28.5. The zero-order valence-electron chi connectivity index (χ0n) is 26.7. The molecular formula is C35H48ClNO5Si. The highest BCUT2D eigenvalue weighted by atomic mass is 35.5. The fraction of sp³-hybridized carbons (Fsp3) is 0.571. The van der Waals surface area contributed by atoms with E-state index in [-0.39, 0.29) is 34.4 Å². The minimum absolute atomic E-state index is 0.00655. The molecule has 2 aliphatic heterocycles. The largest absolute Gasteiger partial charge is 0.490 e. The van der Waals surface area contributed by atoms with Crippen LogP contribution in [-0.2, 0) is 25.7 Å². The first-order valence-corrected chi connectivity index (χ1v) is 18.9. The summed E-state index contributed by atoms with van der Waals surface area (Å²) < 4.78 is 24.8. The van der Waals surface area contributed by atoms with Gasteiger partial charge in [0.15, 0.2) is 8.32 Å². The number of fused-ring (bicyclic) bond motifs is 3. The van der Waals surface area contributed by atoms with Crippen molar-refractivity contribution >= 4 is 31.6 Å². The van der Waals surface area contributed by atoms with E-state index in [2.05, 4.69) is 57.5 Å². The Kier molecular flexibility index (Phi) is 9.39. The summed E-state index contributed by atoms with van der Waals surface area (Å²) in [5, 5.41) is 0.908. The van der Waals surface area contributed by atoms with Crippen molar-refractivity contribution in [1.29, 1.82) is 0 Å². The van der Waals surface area contributed by atoms with E-state index < -0.39 is 8.32 Å². The second-order valence-electron chi connectivity index (χ2n) is 14.1. The maximum atomic E-state index is 12.6. The third kappa shape index (κ3) is 6.56. The second-order valence-corrected chi connectivity index (χ2v) is 19.4. The van der Waals surface area contributed by atoms with Crippen molar-refractivity contribution in [3.8, 4) is 5.75 Å². The monoisotopic (exact) mass is 625 g/mol. The molecule has 6 nitrogen and oxygen atoms in total. The average molecular weight is 626 g/mol. The molecule has 1 unspecified atom stereocenters. The Balaban J connectivity index is 1.47. The van der Waals surface area contributed by atoms with Gasteiger partial charge in [0.25, 0.3) is 0 Å². The van der Waals surface area contributed by atoms with Crippen LogP contribution in [0.15, 0.2) is 49.1 Å². The van der Waals surface area contributed by atoms with Crippen LogP contribution in [0.25, 0.3) is 0 Å². The van der Waals surface area contributed by atoms with Crippen molar-refractivity contribution in [2.45, 2.75) is 76.1 Å². The maximum absolute atomic E-state index is 12.6. The summed E-state index contributed by atoms with van der Waals surface area (Å²) in [7, 11) is -0.502. The molecule has 43 heavy (non-hydrogen) atoms. The lowest BCUT2D eigenvalue weighted by Gasteiger charge is -2.42. The van der Waals surface area contributed by atoms with E-state index in [4.69, 9.17) is 30.2 Å². The Bertz CT molecular complexity index is 1340. The SMILES string of the molecule is C=CC(CO[Si](C)(C)C(C)(C)C)[C@@H]1OCC[C@H]1CN1C[C@@]2(CCCc3cc(Cl)ccc32)COc2ccc(C(=O)OC)cc21. The minimum Gasteiger partial charge on any atom is -0.490 e. The normalized spacial score (nSPS) is 24.5. The van der Waals surface area contributed by atoms with Crippen molar-refractivity contribution in [3.05, 3.63) is 70.8 Å². The molecule has 1 spiro atoms. The summed E-state index contributed by atoms with van der Waals surface area (Å²) >= 11 is 6.43. The van der Waals surface area contributed by atoms with Crippen molar-refractivity contribution in [2.24, 2.45) is 11.8 Å². The van der Waals surface area contributed by atoms with Gasteiger partial charge in [0.2, 0.25) is 0 Å². The molecule has 1 saturated heterocycles. The van der Waals surface area contributed by atoms with Gasteiger partial charge in [-0.05, 0) is 85.3 Å². The highest BCUT2D eigenvalue weighted by Crippen LogP contribution is 2.46. The molecule has 8 heteroatoms. The first-order chi connectivity index (χ1) is 20.4. The van der Waals surface area contributed by atoms with Crippen LogP contribution in [0, 0.1) is 11.8 Å². The van der Waals surface area contributed by atoms with Gasteiger partial charge >= 0.3 is 5.97 Å². The Morgan fingerprint density at radius 1 is 1.26 bits per heavy atom. The summed E-state index contributed by atoms with van der Waals surface area (Å²) in [6.45, 7) is 19.1. The van der Waals surface area contributed by atoms with Crippen molar-refractivity contribution in [3.63, 3.8) is 0 Å². The van der Waals surface area contributed by atoms with E-state index in [1.165, 1.54) is 18.2 Å². The molecule has 234 valence electrons. The molecule has 1 fully saturated rings. The van der Waals surface area contributed by atoms with Gasteiger partial charge < -0.3 is 23.5 Å². The van der Waals surface area contributed by atoms with E-state index in [0.717, 1.165) is 55.2 Å². The number of hydrogen-bond donors (Lipinski definition) is 0. The summed E-state index contributed by atoms with van der Waals surface area (Å²) in [6.07, 6.45) is 6.10. The summed E-state index contributed by atoms with van der Waals surface area (Å²) in [5.41, 5.74) is 3.88. The number of carbonyl (C=O) groups is 1. The van der Waals surface area contributed by atoms with Crippen molar-refractivity contribution < 1.29 is 23.4 Å². The summed E-state index contributed by atoms with van der Waals surface area (Å²) in [5.74, 6) is 0.805. The summed E-state index contributed by atoms with van der Waals surface area (Å²) in [4.78, 5) is 15.0. The molecule has 2 heterocycles. The molecule has 5 rings (SSSR count). The lowest BCUT2D eigenvalue weighted by atomic mass is 9.70. The van der Waals surface area contributed by atoms with Crippen LogP contribution in [-0.4, -0.2) is 60.4 Å². The fourth-order valence-electron chi connectivity index (χ4n) is 6.78. The lowest BCUT2D eigenvalue weighted by Crippen LogP contribution is -2.48. The number of aryl methyl sites for hydroxylation is 1. The molecular weight excluding hydrogens is 578 g/mol. The molecule has 4 atom stereocenters. The van der Waals surface area contributed by atoms with Gasteiger partial charge in [-0.2, -0.15) is 0 Å². The van der Waals surface area contributed by atoms with E-state index in [9.17, 15) is 4.79 Å². The van der Waals surface area contributed by atoms with Crippen LogP contribution in [0.4, 0.5) is 5.69 Å². The minimum atomic E-state index is -1.92. The molecule has 0 bridgehead atoms. The van der Waals surface area contributed by atoms with Gasteiger partial charge in [0, 0.05) is 48.6 Å². The Labute approximate surface area is 263 Å². The molecule has 1 aliphatic carbocycles. The topological polar surface area (TPSA) is 57.2 Å². The third-order valence-corrected chi connectivity index (χ3v) is 15.1. The molecule has 0 aromatic heterocycles. The van der Waals surface area contributed by atoms with Gasteiger partial charge in [0.05, 0.1) is 31.1 Å². The molecule has 0 saturated carbocycles. The number of esters is 1. The number of anilines is 1. The highest BCUT2D eigenvalue weighted by Gasteiger charge is 2.44. The smallest absolute Gasteiger partial charge is 0.337 e. The molecule has 2 aromatic carbocycles. The van der Waals surface area contributed by atoms with Gasteiger partial charge in [-0.3, -0.25) is 0 Å². The van der Waals surface area contributed by atoms with Gasteiger partial charge in [-0.25, -0.2) is 4.79 Å². The molecule has 0 N–H and O–H groups in total. The van der Waals surface area contributed by atoms with Crippen LogP contribution >= 0.6 is 11.6 Å². The van der Waals surface area contributed by atoms with Crippen molar-refractivity contribution in [2.75, 3.05) is 44.9 Å². The number of halogens is 1. The van der Waals surface area contributed by atoms with Crippen LogP contribution in [0.3, 0.4) is 0 Å². The van der Waals surface area contributed by atoms with Gasteiger partial charge in [0.1, 0.15) is 5.75 Å². The lowest BCUT2D eigenvalue weighted by molar-refractivity contribution is 0.0391. The van der Waals surface area contributed by atoms with E-state index in [0.29, 0.717) is 25.4 Å². The van der Waals surface area contributed by atoms with Crippen LogP contribution in [0.1, 0.15) is 61.5 Å². The maximum Gasteiger partial charge on any atom is 0.337 e. The number of carbonyl (C=O) groups excluding carboxylic acids is 1. The first-order valence-electron chi connectivity index (χ1n) is 15.6. The first kappa shape index (κ1) is 32.1. The molecule has 2 aromatic rings. The second kappa shape index (κ2) is 12.6. The predicted molar refractivity (Wildman–Crippen MR) is 176 cm³/mol. The van der Waals surface area contributed by atoms with Gasteiger partial charge in [-0.1, -0.05) is 44.5 Å². The Morgan fingerprint density at radius 3 is 2.77 bits per heavy atom. The quantitative estimate of drug-likeness (QED) is 0.169. The molecule has 0 radical (unpaired) electrons. The number of methoxy groups -OCH3 is 1. The highest BCUT2D eigenvalue weighted by molar-refractivity contribution is 6.74. The van der Waals surface area contributed by atoms with Gasteiger partial charge in [-0.15, -0.1) is 6.58 Å². The predicted octanol–water partition coefficient (Wildman–Crippen LogP) is 7.83. The third-order valence-electron chi connectivity index (χ3n) is 10.3. The summed E-state index contributed by atoms with van der Waals surface area (Å²) in [6, 6.07) is 12.0. The fourth-order valence-corrected chi connectivity index (χ4v) is 8.02. The number of hydrogen-bond acceptors (Lipinski definition) is 6. The average Bonchev–Trinajstić information content (AvgIpc) is 3.36. The zero-order chi connectivity index (χ0) is 31.0.